The summed E-state index contributed by atoms with van der Waals surface area (Å²) >= 11 is 18.7. The van der Waals surface area contributed by atoms with Crippen molar-refractivity contribution in [2.45, 2.75) is 13.8 Å². The fraction of sp³-hybridized carbons (Fsp3) is 0.211. The highest BCUT2D eigenvalue weighted by atomic mass is 35.5. The molecule has 0 saturated carbocycles. The van der Waals surface area contributed by atoms with E-state index in [-0.39, 0.29) is 11.0 Å². The highest BCUT2D eigenvalue weighted by Gasteiger charge is 2.13. The molecule has 0 atom stereocenters. The summed E-state index contributed by atoms with van der Waals surface area (Å²) in [5.41, 5.74) is 1.06. The number of fused-ring (bicyclic) bond motifs is 1. The molecule has 3 rings (SSSR count). The minimum atomic E-state index is -0.324. The van der Waals surface area contributed by atoms with Gasteiger partial charge in [0, 0.05) is 5.56 Å². The number of rotatable bonds is 5. The topological polar surface area (TPSA) is 63.2 Å². The molecular weight excluding hydrogens is 437 g/mol. The van der Waals surface area contributed by atoms with Crippen molar-refractivity contribution in [2.75, 3.05) is 11.9 Å². The molecule has 0 saturated heterocycles. The van der Waals surface area contributed by atoms with Crippen LogP contribution in [0.1, 0.15) is 24.2 Å². The molecule has 2 N–H and O–H groups in total. The number of anilines is 1. The van der Waals surface area contributed by atoms with Crippen molar-refractivity contribution in [3.05, 3.63) is 52.0 Å². The molecule has 0 spiro atoms. The molecule has 3 aromatic rings. The summed E-state index contributed by atoms with van der Waals surface area (Å²) in [5.74, 6) is 0.825. The van der Waals surface area contributed by atoms with Crippen molar-refractivity contribution in [1.29, 1.82) is 0 Å². The monoisotopic (exact) mass is 453 g/mol. The van der Waals surface area contributed by atoms with Crippen molar-refractivity contribution in [1.82, 2.24) is 10.3 Å². The first-order valence-electron chi connectivity index (χ1n) is 8.43. The van der Waals surface area contributed by atoms with Gasteiger partial charge in [0.2, 0.25) is 0 Å². The Morgan fingerprint density at radius 1 is 1.21 bits per heavy atom. The highest BCUT2D eigenvalue weighted by Crippen LogP contribution is 2.35. The minimum absolute atomic E-state index is 0.145. The highest BCUT2D eigenvalue weighted by molar-refractivity contribution is 7.80. The third-order valence-electron chi connectivity index (χ3n) is 3.60. The number of thiazole rings is 1. The van der Waals surface area contributed by atoms with Crippen LogP contribution in [0.25, 0.3) is 10.2 Å². The first-order valence-corrected chi connectivity index (χ1v) is 10.4. The number of benzene rings is 2. The molecule has 5 nitrogen and oxygen atoms in total. The molecule has 9 heteroatoms. The second kappa shape index (κ2) is 9.05. The molecule has 0 unspecified atom stereocenters. The second-order valence-corrected chi connectivity index (χ2v) is 8.59. The normalized spacial score (nSPS) is 10.9. The number of aromatic nitrogens is 1. The fourth-order valence-corrected chi connectivity index (χ4v) is 3.81. The van der Waals surface area contributed by atoms with E-state index in [1.165, 1.54) is 11.3 Å². The van der Waals surface area contributed by atoms with Gasteiger partial charge in [-0.2, -0.15) is 0 Å². The van der Waals surface area contributed by atoms with Crippen LogP contribution in [0, 0.1) is 5.92 Å². The average Bonchev–Trinajstić information content (AvgIpc) is 3.06. The first-order chi connectivity index (χ1) is 13.3. The molecule has 1 heterocycles. The quantitative estimate of drug-likeness (QED) is 0.480. The van der Waals surface area contributed by atoms with Crippen molar-refractivity contribution in [3.63, 3.8) is 0 Å². The van der Waals surface area contributed by atoms with Crippen molar-refractivity contribution < 1.29 is 9.53 Å². The summed E-state index contributed by atoms with van der Waals surface area (Å²) in [6, 6.07) is 10.4. The minimum Gasteiger partial charge on any atom is -0.493 e. The summed E-state index contributed by atoms with van der Waals surface area (Å²) in [6.45, 7) is 4.77. The van der Waals surface area contributed by atoms with E-state index in [1.54, 1.807) is 30.3 Å². The van der Waals surface area contributed by atoms with E-state index in [0.29, 0.717) is 38.8 Å². The van der Waals surface area contributed by atoms with Crippen LogP contribution < -0.4 is 15.4 Å². The van der Waals surface area contributed by atoms with E-state index in [9.17, 15) is 4.79 Å². The zero-order chi connectivity index (χ0) is 20.3. The Kier molecular flexibility index (Phi) is 6.72. The van der Waals surface area contributed by atoms with Gasteiger partial charge < -0.3 is 10.1 Å². The van der Waals surface area contributed by atoms with Crippen LogP contribution in [0.5, 0.6) is 5.75 Å². The third kappa shape index (κ3) is 5.11. The number of halogens is 2. The van der Waals surface area contributed by atoms with Crippen molar-refractivity contribution in [2.24, 2.45) is 5.92 Å². The number of ether oxygens (including phenoxy) is 1. The van der Waals surface area contributed by atoms with Gasteiger partial charge in [-0.05, 0) is 54.5 Å². The SMILES string of the molecule is CC(C)COc1ccc(C(=O)NC(=S)Nc2nc3c(Cl)c(Cl)ccc3s2)cc1. The van der Waals surface area contributed by atoms with Gasteiger partial charge >= 0.3 is 0 Å². The summed E-state index contributed by atoms with van der Waals surface area (Å²) in [7, 11) is 0. The Morgan fingerprint density at radius 2 is 1.93 bits per heavy atom. The van der Waals surface area contributed by atoms with Gasteiger partial charge in [0.25, 0.3) is 5.91 Å². The van der Waals surface area contributed by atoms with E-state index in [2.05, 4.69) is 29.5 Å². The van der Waals surface area contributed by atoms with E-state index in [1.807, 2.05) is 6.07 Å². The predicted octanol–water partition coefficient (Wildman–Crippen LogP) is 5.76. The van der Waals surface area contributed by atoms with Gasteiger partial charge in [-0.15, -0.1) is 0 Å². The number of nitrogens with zero attached hydrogens (tertiary/aromatic N) is 1. The zero-order valence-electron chi connectivity index (χ0n) is 15.1. The Hall–Kier alpha value is -1.93. The largest absolute Gasteiger partial charge is 0.493 e. The van der Waals surface area contributed by atoms with Gasteiger partial charge in [-0.25, -0.2) is 4.98 Å². The van der Waals surface area contributed by atoms with Crippen LogP contribution in [0.3, 0.4) is 0 Å². The summed E-state index contributed by atoms with van der Waals surface area (Å²) in [4.78, 5) is 16.7. The number of hydrogen-bond acceptors (Lipinski definition) is 5. The third-order valence-corrected chi connectivity index (χ3v) is 5.53. The van der Waals surface area contributed by atoms with E-state index >= 15 is 0 Å². The smallest absolute Gasteiger partial charge is 0.257 e. The Balaban J connectivity index is 1.61. The Bertz CT molecular complexity index is 1020. The number of carbonyl (C=O) groups excluding carboxylic acids is 1. The van der Waals surface area contributed by atoms with E-state index in [0.717, 1.165) is 10.4 Å². The Labute approximate surface area is 182 Å². The second-order valence-electron chi connectivity index (χ2n) is 6.36. The van der Waals surface area contributed by atoms with Crippen LogP contribution in [0.15, 0.2) is 36.4 Å². The molecule has 0 aliphatic heterocycles. The van der Waals surface area contributed by atoms with Crippen LogP contribution in [0.4, 0.5) is 5.13 Å². The number of nitrogens with one attached hydrogen (secondary N) is 2. The van der Waals surface area contributed by atoms with Crippen LogP contribution in [0.2, 0.25) is 10.0 Å². The fourth-order valence-electron chi connectivity index (χ4n) is 2.26. The maximum Gasteiger partial charge on any atom is 0.257 e. The molecule has 146 valence electrons. The molecule has 0 aliphatic rings. The lowest BCUT2D eigenvalue weighted by atomic mass is 10.2. The molecule has 1 aromatic heterocycles. The van der Waals surface area contributed by atoms with Crippen LogP contribution in [-0.2, 0) is 0 Å². The lowest BCUT2D eigenvalue weighted by molar-refractivity contribution is 0.0977. The van der Waals surface area contributed by atoms with Gasteiger partial charge in [-0.1, -0.05) is 48.4 Å². The lowest BCUT2D eigenvalue weighted by Crippen LogP contribution is -2.34. The number of carbonyl (C=O) groups is 1. The number of amides is 1. The standard InChI is InChI=1S/C19H17Cl2N3O2S2/c1-10(2)9-26-12-5-3-11(4-6-12)17(25)23-18(27)24-19-22-16-14(28-19)8-7-13(20)15(16)21/h3-8,10H,9H2,1-2H3,(H2,22,23,24,25,27). The maximum atomic E-state index is 12.4. The summed E-state index contributed by atoms with van der Waals surface area (Å²) < 4.78 is 6.48. The lowest BCUT2D eigenvalue weighted by Gasteiger charge is -2.10. The Morgan fingerprint density at radius 3 is 2.61 bits per heavy atom. The molecule has 1 amide bonds. The van der Waals surface area contributed by atoms with Gasteiger partial charge in [0.1, 0.15) is 11.3 Å². The molecule has 0 fully saturated rings. The van der Waals surface area contributed by atoms with Crippen molar-refractivity contribution in [3.8, 4) is 5.75 Å². The summed E-state index contributed by atoms with van der Waals surface area (Å²) in [6.07, 6.45) is 0. The molecule has 2 aromatic carbocycles. The molecule has 28 heavy (non-hydrogen) atoms. The number of hydrogen-bond donors (Lipinski definition) is 2. The number of thiocarbonyl (C=S) groups is 1. The van der Waals surface area contributed by atoms with Gasteiger partial charge in [0.15, 0.2) is 10.2 Å². The van der Waals surface area contributed by atoms with Gasteiger partial charge in [0.05, 0.1) is 21.4 Å². The molecular formula is C19H17Cl2N3O2S2. The van der Waals surface area contributed by atoms with Gasteiger partial charge in [-0.3, -0.25) is 10.1 Å². The summed E-state index contributed by atoms with van der Waals surface area (Å²) in [5, 5.41) is 7.02. The van der Waals surface area contributed by atoms with E-state index in [4.69, 9.17) is 40.2 Å². The predicted molar refractivity (Wildman–Crippen MR) is 120 cm³/mol. The maximum absolute atomic E-state index is 12.4. The molecule has 0 radical (unpaired) electrons. The average molecular weight is 454 g/mol. The van der Waals surface area contributed by atoms with Crippen LogP contribution in [-0.4, -0.2) is 22.6 Å². The van der Waals surface area contributed by atoms with Crippen molar-refractivity contribution >= 4 is 73.1 Å². The molecule has 0 aliphatic carbocycles. The van der Waals surface area contributed by atoms with Crippen LogP contribution >= 0.6 is 46.8 Å². The molecule has 0 bridgehead atoms. The first kappa shape index (κ1) is 20.8. The zero-order valence-corrected chi connectivity index (χ0v) is 18.2. The van der Waals surface area contributed by atoms with E-state index < -0.39 is 0 Å².